The van der Waals surface area contributed by atoms with E-state index in [1.807, 2.05) is 0 Å². The van der Waals surface area contributed by atoms with Crippen molar-refractivity contribution in [1.82, 2.24) is 10.0 Å². The number of hydrogen-bond acceptors (Lipinski definition) is 3. The highest BCUT2D eigenvalue weighted by Crippen LogP contribution is 2.20. The van der Waals surface area contributed by atoms with Crippen molar-refractivity contribution >= 4 is 6.29 Å². The fourth-order valence-corrected chi connectivity index (χ4v) is 2.57. The van der Waals surface area contributed by atoms with E-state index < -0.39 is 0 Å². The molecular weight excluding hydrogens is 176 g/mol. The van der Waals surface area contributed by atoms with Gasteiger partial charge in [-0.2, -0.15) is 0 Å². The van der Waals surface area contributed by atoms with Gasteiger partial charge in [0.05, 0.1) is 6.04 Å². The summed E-state index contributed by atoms with van der Waals surface area (Å²) < 4.78 is 0. The summed E-state index contributed by atoms with van der Waals surface area (Å²) in [7, 11) is 0. The van der Waals surface area contributed by atoms with Crippen LogP contribution >= 0.6 is 0 Å². The van der Waals surface area contributed by atoms with E-state index in [2.05, 4.69) is 10.0 Å². The van der Waals surface area contributed by atoms with Gasteiger partial charge in [-0.15, -0.1) is 0 Å². The van der Waals surface area contributed by atoms with Crippen molar-refractivity contribution in [3.8, 4) is 0 Å². The molecular formula is C11H20N2O. The molecule has 0 amide bonds. The van der Waals surface area contributed by atoms with Crippen LogP contribution in [0.3, 0.4) is 0 Å². The molecule has 0 spiro atoms. The predicted octanol–water partition coefficient (Wildman–Crippen LogP) is 1.44. The molecule has 0 radical (unpaired) electrons. The van der Waals surface area contributed by atoms with E-state index in [0.717, 1.165) is 32.3 Å². The number of rotatable bonds is 2. The predicted molar refractivity (Wildman–Crippen MR) is 55.8 cm³/mol. The number of nitrogens with zero attached hydrogens (tertiary/aromatic N) is 2. The van der Waals surface area contributed by atoms with Crippen LogP contribution in [0, 0.1) is 0 Å². The fraction of sp³-hybridized carbons (Fsp3) is 0.909. The maximum atomic E-state index is 10.9. The van der Waals surface area contributed by atoms with Crippen molar-refractivity contribution < 1.29 is 4.79 Å². The smallest absolute Gasteiger partial charge is 0.138 e. The van der Waals surface area contributed by atoms with Crippen LogP contribution in [-0.4, -0.2) is 42.0 Å². The number of hydrazine groups is 1. The first-order valence-electron chi connectivity index (χ1n) is 5.88. The first-order chi connectivity index (χ1) is 6.92. The molecule has 2 rings (SSSR count). The van der Waals surface area contributed by atoms with Crippen molar-refractivity contribution in [1.29, 1.82) is 0 Å². The van der Waals surface area contributed by atoms with E-state index >= 15 is 0 Å². The van der Waals surface area contributed by atoms with Crippen LogP contribution in [0.15, 0.2) is 0 Å². The molecule has 0 aromatic heterocycles. The van der Waals surface area contributed by atoms with Crippen LogP contribution in [0.2, 0.25) is 0 Å². The lowest BCUT2D eigenvalue weighted by molar-refractivity contribution is -0.129. The van der Waals surface area contributed by atoms with Gasteiger partial charge in [-0.25, -0.2) is 10.0 Å². The molecule has 2 fully saturated rings. The molecule has 3 heteroatoms. The first kappa shape index (κ1) is 10.1. The topological polar surface area (TPSA) is 23.6 Å². The third kappa shape index (κ3) is 2.15. The van der Waals surface area contributed by atoms with Crippen LogP contribution in [-0.2, 0) is 4.79 Å². The van der Waals surface area contributed by atoms with Gasteiger partial charge in [0.1, 0.15) is 6.29 Å². The van der Waals surface area contributed by atoms with Gasteiger partial charge in [-0.3, -0.25) is 0 Å². The van der Waals surface area contributed by atoms with Crippen molar-refractivity contribution in [2.45, 2.75) is 44.6 Å². The Bertz CT molecular complexity index is 190. The lowest BCUT2D eigenvalue weighted by Gasteiger charge is -2.42. The lowest BCUT2D eigenvalue weighted by atomic mass is 10.0. The van der Waals surface area contributed by atoms with Gasteiger partial charge in [0.15, 0.2) is 0 Å². The molecule has 3 nitrogen and oxygen atoms in total. The minimum Gasteiger partial charge on any atom is -0.302 e. The number of aldehydes is 1. The Kier molecular flexibility index (Phi) is 3.54. The van der Waals surface area contributed by atoms with Crippen molar-refractivity contribution in [2.24, 2.45) is 0 Å². The number of carbonyl (C=O) groups is 1. The SMILES string of the molecule is O=CC1CCCCN1N1CCCCC1. The number of piperidine rings is 2. The summed E-state index contributed by atoms with van der Waals surface area (Å²) >= 11 is 0. The number of carbonyl (C=O) groups excluding carboxylic acids is 1. The number of hydrogen-bond donors (Lipinski definition) is 0. The van der Waals surface area contributed by atoms with Gasteiger partial charge in [0.2, 0.25) is 0 Å². The second-order valence-corrected chi connectivity index (χ2v) is 4.38. The van der Waals surface area contributed by atoms with Crippen LogP contribution in [0.1, 0.15) is 38.5 Å². The minimum atomic E-state index is 0.168. The molecule has 0 saturated carbocycles. The summed E-state index contributed by atoms with van der Waals surface area (Å²) in [4.78, 5) is 10.9. The molecule has 1 unspecified atom stereocenters. The zero-order chi connectivity index (χ0) is 9.80. The zero-order valence-corrected chi connectivity index (χ0v) is 8.82. The molecule has 2 aliphatic heterocycles. The van der Waals surface area contributed by atoms with E-state index in [-0.39, 0.29) is 6.04 Å². The largest absolute Gasteiger partial charge is 0.302 e. The molecule has 1 atom stereocenters. The van der Waals surface area contributed by atoms with Gasteiger partial charge in [0.25, 0.3) is 0 Å². The van der Waals surface area contributed by atoms with Crippen molar-refractivity contribution in [2.75, 3.05) is 19.6 Å². The average Bonchev–Trinajstić information content (AvgIpc) is 2.30. The second-order valence-electron chi connectivity index (χ2n) is 4.38. The quantitative estimate of drug-likeness (QED) is 0.624. The van der Waals surface area contributed by atoms with Crippen LogP contribution in [0.5, 0.6) is 0 Å². The Labute approximate surface area is 86.0 Å². The van der Waals surface area contributed by atoms with Gasteiger partial charge < -0.3 is 4.79 Å². The third-order valence-electron chi connectivity index (χ3n) is 3.37. The van der Waals surface area contributed by atoms with Gasteiger partial charge in [-0.1, -0.05) is 12.8 Å². The molecule has 14 heavy (non-hydrogen) atoms. The van der Waals surface area contributed by atoms with E-state index in [9.17, 15) is 4.79 Å². The summed E-state index contributed by atoms with van der Waals surface area (Å²) in [5, 5.41) is 4.72. The second kappa shape index (κ2) is 4.89. The molecule has 2 saturated heterocycles. The Morgan fingerprint density at radius 1 is 0.929 bits per heavy atom. The van der Waals surface area contributed by atoms with E-state index in [0.29, 0.717) is 0 Å². The van der Waals surface area contributed by atoms with E-state index in [4.69, 9.17) is 0 Å². The van der Waals surface area contributed by atoms with E-state index in [1.54, 1.807) is 0 Å². The normalized spacial score (nSPS) is 31.6. The van der Waals surface area contributed by atoms with Crippen molar-refractivity contribution in [3.05, 3.63) is 0 Å². The highest BCUT2D eigenvalue weighted by molar-refractivity contribution is 5.57. The average molecular weight is 196 g/mol. The van der Waals surface area contributed by atoms with Gasteiger partial charge in [-0.05, 0) is 25.7 Å². The molecule has 0 aromatic carbocycles. The van der Waals surface area contributed by atoms with Crippen LogP contribution < -0.4 is 0 Å². The standard InChI is InChI=1S/C11H20N2O/c14-10-11-6-2-5-9-13(11)12-7-3-1-4-8-12/h10-11H,1-9H2. The Morgan fingerprint density at radius 3 is 2.36 bits per heavy atom. The van der Waals surface area contributed by atoms with Gasteiger partial charge in [0, 0.05) is 19.6 Å². The zero-order valence-electron chi connectivity index (χ0n) is 8.82. The van der Waals surface area contributed by atoms with Crippen LogP contribution in [0.25, 0.3) is 0 Å². The summed E-state index contributed by atoms with van der Waals surface area (Å²) in [5.74, 6) is 0. The summed E-state index contributed by atoms with van der Waals surface area (Å²) in [5.41, 5.74) is 0. The highest BCUT2D eigenvalue weighted by atomic mass is 16.1. The minimum absolute atomic E-state index is 0.168. The molecule has 0 aliphatic carbocycles. The third-order valence-corrected chi connectivity index (χ3v) is 3.37. The molecule has 0 N–H and O–H groups in total. The highest BCUT2D eigenvalue weighted by Gasteiger charge is 2.27. The summed E-state index contributed by atoms with van der Waals surface area (Å²) in [6.07, 6.45) is 8.60. The molecule has 2 aliphatic rings. The fourth-order valence-electron chi connectivity index (χ4n) is 2.57. The summed E-state index contributed by atoms with van der Waals surface area (Å²) in [6.45, 7) is 3.40. The Balaban J connectivity index is 1.94. The van der Waals surface area contributed by atoms with Crippen LogP contribution in [0.4, 0.5) is 0 Å². The maximum absolute atomic E-state index is 10.9. The van der Waals surface area contributed by atoms with Gasteiger partial charge >= 0.3 is 0 Å². The Hall–Kier alpha value is -0.410. The molecule has 0 bridgehead atoms. The summed E-state index contributed by atoms with van der Waals surface area (Å²) in [6, 6.07) is 0.168. The van der Waals surface area contributed by atoms with Crippen molar-refractivity contribution in [3.63, 3.8) is 0 Å². The lowest BCUT2D eigenvalue weighted by Crippen LogP contribution is -2.53. The van der Waals surface area contributed by atoms with E-state index in [1.165, 1.54) is 32.1 Å². The monoisotopic (exact) mass is 196 g/mol. The molecule has 0 aromatic rings. The first-order valence-corrected chi connectivity index (χ1v) is 5.88. The maximum Gasteiger partial charge on any atom is 0.138 e. The molecule has 80 valence electrons. The molecule has 2 heterocycles. The Morgan fingerprint density at radius 2 is 1.64 bits per heavy atom.